The Hall–Kier alpha value is -3.20. The summed E-state index contributed by atoms with van der Waals surface area (Å²) in [5.41, 5.74) is 3.92. The van der Waals surface area contributed by atoms with Crippen LogP contribution in [-0.2, 0) is 11.2 Å². The van der Waals surface area contributed by atoms with Gasteiger partial charge in [-0.2, -0.15) is 0 Å². The topological polar surface area (TPSA) is 60.6 Å². The molecular formula is C30H35F3N4O2. The number of aryl methyl sites for hydroxylation is 1. The van der Waals surface area contributed by atoms with Crippen LogP contribution in [0.2, 0.25) is 0 Å². The van der Waals surface area contributed by atoms with Gasteiger partial charge in [-0.15, -0.1) is 13.2 Å². The predicted molar refractivity (Wildman–Crippen MR) is 146 cm³/mol. The van der Waals surface area contributed by atoms with Crippen LogP contribution in [0.1, 0.15) is 44.1 Å². The van der Waals surface area contributed by atoms with E-state index >= 15 is 0 Å². The number of ether oxygens (including phenoxy) is 1. The van der Waals surface area contributed by atoms with Crippen LogP contribution in [0, 0.1) is 5.92 Å². The van der Waals surface area contributed by atoms with Gasteiger partial charge in [0.2, 0.25) is 0 Å². The number of carbonyl (C=O) groups excluding carboxylic acids is 1. The van der Waals surface area contributed by atoms with E-state index in [-0.39, 0.29) is 23.8 Å². The number of H-pyrrole nitrogens is 1. The fourth-order valence-electron chi connectivity index (χ4n) is 6.78. The lowest BCUT2D eigenvalue weighted by molar-refractivity contribution is -0.274. The lowest BCUT2D eigenvalue weighted by Crippen LogP contribution is -2.60. The molecule has 2 fully saturated rings. The van der Waals surface area contributed by atoms with Crippen molar-refractivity contribution in [3.63, 3.8) is 0 Å². The second kappa shape index (κ2) is 10.8. The van der Waals surface area contributed by atoms with Crippen LogP contribution < -0.4 is 15.0 Å². The van der Waals surface area contributed by atoms with E-state index < -0.39 is 6.36 Å². The Morgan fingerprint density at radius 2 is 1.77 bits per heavy atom. The van der Waals surface area contributed by atoms with E-state index in [4.69, 9.17) is 0 Å². The number of anilines is 2. The average molecular weight is 541 g/mol. The number of hydrogen-bond acceptors (Lipinski definition) is 5. The minimum atomic E-state index is -4.72. The Morgan fingerprint density at radius 1 is 0.974 bits per heavy atom. The van der Waals surface area contributed by atoms with Crippen molar-refractivity contribution < 1.29 is 22.7 Å². The molecule has 0 amide bonds. The third kappa shape index (κ3) is 5.60. The molecule has 3 aromatic rings. The zero-order valence-electron chi connectivity index (χ0n) is 22.0. The van der Waals surface area contributed by atoms with Gasteiger partial charge in [0.25, 0.3) is 0 Å². The first-order chi connectivity index (χ1) is 18.9. The van der Waals surface area contributed by atoms with Crippen molar-refractivity contribution in [2.24, 2.45) is 5.92 Å². The molecule has 0 bridgehead atoms. The summed E-state index contributed by atoms with van der Waals surface area (Å²) in [6.07, 6.45) is 3.83. The van der Waals surface area contributed by atoms with E-state index in [0.717, 1.165) is 68.6 Å². The molecule has 1 aromatic heterocycles. The van der Waals surface area contributed by atoms with Crippen molar-refractivity contribution in [2.45, 2.75) is 63.4 Å². The summed E-state index contributed by atoms with van der Waals surface area (Å²) in [5.74, 6) is 0.208. The lowest BCUT2D eigenvalue weighted by Gasteiger charge is -2.45. The smallest absolute Gasteiger partial charge is 0.406 e. The molecule has 39 heavy (non-hydrogen) atoms. The predicted octanol–water partition coefficient (Wildman–Crippen LogP) is 6.13. The van der Waals surface area contributed by atoms with Crippen molar-refractivity contribution >= 4 is 28.1 Å². The summed E-state index contributed by atoms with van der Waals surface area (Å²) in [6.45, 7) is 3.24. The minimum Gasteiger partial charge on any atom is -0.406 e. The van der Waals surface area contributed by atoms with Crippen LogP contribution in [0.5, 0.6) is 5.75 Å². The number of halogens is 3. The van der Waals surface area contributed by atoms with Gasteiger partial charge in [0.15, 0.2) is 5.78 Å². The highest BCUT2D eigenvalue weighted by molar-refractivity contribution is 5.92. The van der Waals surface area contributed by atoms with Crippen LogP contribution >= 0.6 is 0 Å². The monoisotopic (exact) mass is 540 g/mol. The molecule has 0 spiro atoms. The number of Topliss-reactive ketones (excluding diaryl/α,β-unsaturated/α-hetero) is 1. The van der Waals surface area contributed by atoms with Gasteiger partial charge in [-0.1, -0.05) is 25.3 Å². The quantitative estimate of drug-likeness (QED) is 0.394. The molecule has 1 aliphatic carbocycles. The summed E-state index contributed by atoms with van der Waals surface area (Å²) in [5, 5.41) is 4.76. The zero-order valence-corrected chi connectivity index (χ0v) is 22.0. The van der Waals surface area contributed by atoms with Gasteiger partial charge in [0.05, 0.1) is 6.04 Å². The Bertz CT molecular complexity index is 1310. The highest BCUT2D eigenvalue weighted by Crippen LogP contribution is 2.35. The molecular weight excluding hydrogens is 505 g/mol. The fraction of sp³-hybridized carbons (Fsp3) is 0.500. The van der Waals surface area contributed by atoms with E-state index in [2.05, 4.69) is 49.1 Å². The van der Waals surface area contributed by atoms with E-state index in [1.54, 1.807) is 6.07 Å². The standard InChI is InChI=1S/C30H35F3N4O2/c31-30(32,33)39-22-10-12-24-21(19-22)9-11-26(35-24)28(29(38)20-5-2-1-3-6-20)37-17-15-36(16-18-37)27-8-4-7-25-23(27)13-14-34-25/h4,7-8,10,12-14,19-20,26,28,34-35H,1-3,5-6,9,11,15-18H2. The molecule has 6 rings (SSSR count). The summed E-state index contributed by atoms with van der Waals surface area (Å²) >= 11 is 0. The highest BCUT2D eigenvalue weighted by atomic mass is 19.4. The van der Waals surface area contributed by atoms with Crippen molar-refractivity contribution in [1.29, 1.82) is 0 Å². The van der Waals surface area contributed by atoms with Gasteiger partial charge in [0.1, 0.15) is 5.75 Å². The number of fused-ring (bicyclic) bond motifs is 2. The van der Waals surface area contributed by atoms with Gasteiger partial charge >= 0.3 is 6.36 Å². The second-order valence-electron chi connectivity index (χ2n) is 11.1. The normalized spacial score (nSPS) is 21.8. The Balaban J connectivity index is 1.21. The molecule has 2 unspecified atom stereocenters. The maximum absolute atomic E-state index is 14.1. The number of alkyl halides is 3. The van der Waals surface area contributed by atoms with Crippen molar-refractivity contribution in [3.05, 3.63) is 54.2 Å². The SMILES string of the molecule is O=C(C1CCCCC1)C(C1CCc2cc(OC(F)(F)F)ccc2N1)N1CCN(c2cccc3[nH]ccc23)CC1. The molecule has 3 aliphatic rings. The molecule has 1 saturated heterocycles. The van der Waals surface area contributed by atoms with E-state index in [1.165, 1.54) is 29.6 Å². The van der Waals surface area contributed by atoms with Gasteiger partial charge in [-0.05, 0) is 67.6 Å². The first-order valence-corrected chi connectivity index (χ1v) is 14.1. The summed E-state index contributed by atoms with van der Waals surface area (Å²) < 4.78 is 42.3. The molecule has 2 N–H and O–H groups in total. The number of piperazine rings is 1. The molecule has 1 saturated carbocycles. The zero-order chi connectivity index (χ0) is 27.0. The molecule has 6 nitrogen and oxygen atoms in total. The van der Waals surface area contributed by atoms with E-state index in [9.17, 15) is 18.0 Å². The van der Waals surface area contributed by atoms with Crippen molar-refractivity contribution in [1.82, 2.24) is 9.88 Å². The van der Waals surface area contributed by atoms with E-state index in [1.807, 2.05) is 6.20 Å². The third-order valence-corrected chi connectivity index (χ3v) is 8.68. The number of rotatable bonds is 6. The van der Waals surface area contributed by atoms with E-state index in [0.29, 0.717) is 18.6 Å². The number of carbonyl (C=O) groups is 1. The average Bonchev–Trinajstić information content (AvgIpc) is 3.42. The Morgan fingerprint density at radius 3 is 2.54 bits per heavy atom. The first kappa shape index (κ1) is 26.0. The molecule has 2 atom stereocenters. The van der Waals surface area contributed by atoms with Gasteiger partial charge < -0.3 is 19.9 Å². The molecule has 2 aliphatic heterocycles. The number of hydrogen-bond donors (Lipinski definition) is 2. The van der Waals surface area contributed by atoms with Gasteiger partial charge in [-0.25, -0.2) is 0 Å². The van der Waals surface area contributed by atoms with Crippen molar-refractivity contribution in [3.8, 4) is 5.75 Å². The third-order valence-electron chi connectivity index (χ3n) is 8.68. The fourth-order valence-corrected chi connectivity index (χ4v) is 6.78. The van der Waals surface area contributed by atoms with Crippen LogP contribution in [0.25, 0.3) is 10.9 Å². The van der Waals surface area contributed by atoms with Crippen LogP contribution in [0.15, 0.2) is 48.7 Å². The molecule has 3 heterocycles. The van der Waals surface area contributed by atoms with Crippen LogP contribution in [-0.4, -0.2) is 60.3 Å². The maximum atomic E-state index is 14.1. The summed E-state index contributed by atoms with van der Waals surface area (Å²) in [7, 11) is 0. The Kier molecular flexibility index (Phi) is 7.18. The Labute approximate surface area is 226 Å². The van der Waals surface area contributed by atoms with Gasteiger partial charge in [-0.3, -0.25) is 9.69 Å². The number of nitrogens with zero attached hydrogens (tertiary/aromatic N) is 2. The second-order valence-corrected chi connectivity index (χ2v) is 11.1. The molecule has 208 valence electrons. The number of aromatic nitrogens is 1. The van der Waals surface area contributed by atoms with Crippen LogP contribution in [0.4, 0.5) is 24.5 Å². The molecule has 2 aromatic carbocycles. The number of benzene rings is 2. The summed E-state index contributed by atoms with van der Waals surface area (Å²) in [6, 6.07) is 12.6. The molecule has 0 radical (unpaired) electrons. The summed E-state index contributed by atoms with van der Waals surface area (Å²) in [4.78, 5) is 22.1. The van der Waals surface area contributed by atoms with Gasteiger partial charge in [0, 0.05) is 66.6 Å². The van der Waals surface area contributed by atoms with Crippen LogP contribution in [0.3, 0.4) is 0 Å². The molecule has 9 heteroatoms. The first-order valence-electron chi connectivity index (χ1n) is 14.1. The van der Waals surface area contributed by atoms with Crippen molar-refractivity contribution in [2.75, 3.05) is 36.4 Å². The number of aromatic amines is 1. The minimum absolute atomic E-state index is 0.0824. The number of ketones is 1. The largest absolute Gasteiger partial charge is 0.573 e. The lowest BCUT2D eigenvalue weighted by atomic mass is 9.80. The highest BCUT2D eigenvalue weighted by Gasteiger charge is 2.40. The maximum Gasteiger partial charge on any atom is 0.573 e. The number of nitrogens with one attached hydrogen (secondary N) is 2.